The molecule has 1 fully saturated rings. The van der Waals surface area contributed by atoms with Crippen LogP contribution in [0.5, 0.6) is 0 Å². The molecule has 1 saturated heterocycles. The molecule has 0 aliphatic carbocycles. The molecule has 20 heavy (non-hydrogen) atoms. The van der Waals surface area contributed by atoms with E-state index in [-0.39, 0.29) is 10.9 Å². The van der Waals surface area contributed by atoms with Gasteiger partial charge in [-0.05, 0) is 55.9 Å². The fraction of sp³-hybridized carbons (Fsp3) is 0.412. The topological polar surface area (TPSA) is 37.4 Å². The van der Waals surface area contributed by atoms with Gasteiger partial charge in [-0.2, -0.15) is 0 Å². The Balaban J connectivity index is 2.16. The smallest absolute Gasteiger partial charge is 0.250 e. The predicted molar refractivity (Wildman–Crippen MR) is 82.4 cm³/mol. The molecular weight excluding hydrogens is 250 g/mol. The maximum atomic E-state index is 12.0. The van der Waals surface area contributed by atoms with Crippen LogP contribution >= 0.6 is 0 Å². The first-order valence-corrected chi connectivity index (χ1v) is 7.17. The second-order valence-electron chi connectivity index (χ2n) is 5.83. The average Bonchev–Trinajstić information content (AvgIpc) is 2.93. The summed E-state index contributed by atoms with van der Waals surface area (Å²) in [5, 5.41) is 0. The SMILES string of the molecule is Cc1cc(C)c(-c2c(N3CCCC3)c(=O)c2=O)cc1C. The van der Waals surface area contributed by atoms with Crippen LogP contribution in [-0.2, 0) is 0 Å². The van der Waals surface area contributed by atoms with Gasteiger partial charge in [0.05, 0.1) is 5.56 Å². The molecule has 1 aliphatic heterocycles. The lowest BCUT2D eigenvalue weighted by molar-refractivity contribution is 0.949. The van der Waals surface area contributed by atoms with Crippen molar-refractivity contribution in [2.45, 2.75) is 33.6 Å². The van der Waals surface area contributed by atoms with E-state index in [9.17, 15) is 9.59 Å². The lowest BCUT2D eigenvalue weighted by atomic mass is 9.91. The molecule has 0 aromatic heterocycles. The molecule has 0 bridgehead atoms. The van der Waals surface area contributed by atoms with Crippen LogP contribution in [0.4, 0.5) is 5.69 Å². The zero-order valence-corrected chi connectivity index (χ0v) is 12.2. The molecule has 3 heteroatoms. The van der Waals surface area contributed by atoms with Crippen molar-refractivity contribution in [3.05, 3.63) is 49.3 Å². The first-order valence-electron chi connectivity index (χ1n) is 7.17. The summed E-state index contributed by atoms with van der Waals surface area (Å²) in [5.41, 5.74) is 5.04. The van der Waals surface area contributed by atoms with Crippen molar-refractivity contribution in [1.82, 2.24) is 0 Å². The van der Waals surface area contributed by atoms with Crippen molar-refractivity contribution < 1.29 is 0 Å². The summed E-state index contributed by atoms with van der Waals surface area (Å²) >= 11 is 0. The Hall–Kier alpha value is -1.90. The third-order valence-electron chi connectivity index (χ3n) is 4.42. The van der Waals surface area contributed by atoms with Gasteiger partial charge in [-0.1, -0.05) is 12.1 Å². The zero-order valence-electron chi connectivity index (χ0n) is 12.2. The van der Waals surface area contributed by atoms with E-state index >= 15 is 0 Å². The van der Waals surface area contributed by atoms with Crippen LogP contribution in [0, 0.1) is 20.8 Å². The van der Waals surface area contributed by atoms with E-state index in [1.165, 1.54) is 5.56 Å². The molecule has 3 rings (SSSR count). The van der Waals surface area contributed by atoms with Gasteiger partial charge in [0.15, 0.2) is 0 Å². The monoisotopic (exact) mass is 269 g/mol. The number of hydrogen-bond donors (Lipinski definition) is 0. The Morgan fingerprint density at radius 2 is 1.45 bits per heavy atom. The number of rotatable bonds is 2. The number of nitrogens with zero attached hydrogens (tertiary/aromatic N) is 1. The van der Waals surface area contributed by atoms with Gasteiger partial charge in [-0.25, -0.2) is 0 Å². The molecule has 104 valence electrons. The van der Waals surface area contributed by atoms with Gasteiger partial charge in [-0.15, -0.1) is 0 Å². The summed E-state index contributed by atoms with van der Waals surface area (Å²) in [7, 11) is 0. The molecule has 0 N–H and O–H groups in total. The van der Waals surface area contributed by atoms with Gasteiger partial charge in [-0.3, -0.25) is 9.59 Å². The van der Waals surface area contributed by atoms with Crippen molar-refractivity contribution in [2.24, 2.45) is 0 Å². The Morgan fingerprint density at radius 1 is 0.850 bits per heavy atom. The van der Waals surface area contributed by atoms with Crippen LogP contribution in [0.25, 0.3) is 11.1 Å². The molecule has 2 aromatic carbocycles. The summed E-state index contributed by atoms with van der Waals surface area (Å²) in [6, 6.07) is 4.13. The van der Waals surface area contributed by atoms with Crippen molar-refractivity contribution in [3.8, 4) is 11.1 Å². The second kappa shape index (κ2) is 4.58. The highest BCUT2D eigenvalue weighted by Crippen LogP contribution is 2.32. The Labute approximate surface area is 118 Å². The van der Waals surface area contributed by atoms with Crippen molar-refractivity contribution in [2.75, 3.05) is 18.0 Å². The van der Waals surface area contributed by atoms with Gasteiger partial charge in [0.2, 0.25) is 10.9 Å². The number of anilines is 1. The van der Waals surface area contributed by atoms with E-state index in [4.69, 9.17) is 0 Å². The first-order chi connectivity index (χ1) is 9.50. The highest BCUT2D eigenvalue weighted by atomic mass is 16.2. The summed E-state index contributed by atoms with van der Waals surface area (Å²) < 4.78 is 0. The van der Waals surface area contributed by atoms with Crippen LogP contribution in [0.1, 0.15) is 29.5 Å². The molecule has 0 radical (unpaired) electrons. The Kier molecular flexibility index (Phi) is 3.00. The van der Waals surface area contributed by atoms with Crippen LogP contribution < -0.4 is 15.8 Å². The molecule has 0 spiro atoms. The molecule has 0 amide bonds. The standard InChI is InChI=1S/C17H19NO2/c1-10-8-12(3)13(9-11(10)2)14-15(17(20)16(14)19)18-6-4-5-7-18/h8-9H,4-7H2,1-3H3. The highest BCUT2D eigenvalue weighted by Gasteiger charge is 2.29. The lowest BCUT2D eigenvalue weighted by Crippen LogP contribution is -2.41. The summed E-state index contributed by atoms with van der Waals surface area (Å²) in [6.45, 7) is 7.89. The van der Waals surface area contributed by atoms with E-state index < -0.39 is 0 Å². The molecule has 1 heterocycles. The quantitative estimate of drug-likeness (QED) is 0.786. The van der Waals surface area contributed by atoms with Crippen molar-refractivity contribution >= 4 is 5.69 Å². The maximum Gasteiger partial charge on any atom is 0.250 e. The maximum absolute atomic E-state index is 12.0. The van der Waals surface area contributed by atoms with Crippen molar-refractivity contribution in [3.63, 3.8) is 0 Å². The summed E-state index contributed by atoms with van der Waals surface area (Å²) in [6.07, 6.45) is 2.20. The van der Waals surface area contributed by atoms with Gasteiger partial charge in [0, 0.05) is 13.1 Å². The second-order valence-corrected chi connectivity index (χ2v) is 5.83. The largest absolute Gasteiger partial charge is 0.368 e. The number of hydrogen-bond acceptors (Lipinski definition) is 3. The van der Waals surface area contributed by atoms with Gasteiger partial charge < -0.3 is 4.90 Å². The Morgan fingerprint density at radius 3 is 2.10 bits per heavy atom. The highest BCUT2D eigenvalue weighted by molar-refractivity contribution is 5.85. The predicted octanol–water partition coefficient (Wildman–Crippen LogP) is 2.48. The molecular formula is C17H19NO2. The first kappa shape index (κ1) is 13.1. The minimum atomic E-state index is -0.321. The lowest BCUT2D eigenvalue weighted by Gasteiger charge is -2.23. The van der Waals surface area contributed by atoms with Crippen LogP contribution in [0.15, 0.2) is 21.7 Å². The summed E-state index contributed by atoms with van der Waals surface area (Å²) in [5.74, 6) is 0. The van der Waals surface area contributed by atoms with E-state index in [0.717, 1.165) is 42.6 Å². The minimum absolute atomic E-state index is 0.306. The van der Waals surface area contributed by atoms with Crippen LogP contribution in [0.2, 0.25) is 0 Å². The molecule has 2 aromatic rings. The Bertz CT molecular complexity index is 745. The third kappa shape index (κ3) is 1.80. The third-order valence-corrected chi connectivity index (χ3v) is 4.42. The van der Waals surface area contributed by atoms with Gasteiger partial charge in [0.1, 0.15) is 5.69 Å². The fourth-order valence-corrected chi connectivity index (χ4v) is 3.10. The normalized spacial score (nSPS) is 15.2. The van der Waals surface area contributed by atoms with Crippen LogP contribution in [-0.4, -0.2) is 13.1 Å². The molecule has 3 nitrogen and oxygen atoms in total. The van der Waals surface area contributed by atoms with Crippen LogP contribution in [0.3, 0.4) is 0 Å². The molecule has 1 aliphatic rings. The molecule has 0 atom stereocenters. The fourth-order valence-electron chi connectivity index (χ4n) is 3.10. The molecule has 0 saturated carbocycles. The van der Waals surface area contributed by atoms with E-state index in [0.29, 0.717) is 11.3 Å². The number of benzene rings is 1. The zero-order chi connectivity index (χ0) is 14.4. The summed E-state index contributed by atoms with van der Waals surface area (Å²) in [4.78, 5) is 26.1. The number of aryl methyl sites for hydroxylation is 3. The van der Waals surface area contributed by atoms with E-state index in [2.05, 4.69) is 17.9 Å². The van der Waals surface area contributed by atoms with Gasteiger partial charge in [0.25, 0.3) is 0 Å². The minimum Gasteiger partial charge on any atom is -0.368 e. The average molecular weight is 269 g/mol. The van der Waals surface area contributed by atoms with E-state index in [1.54, 1.807) is 0 Å². The van der Waals surface area contributed by atoms with Gasteiger partial charge >= 0.3 is 0 Å². The molecule has 0 unspecified atom stereocenters. The van der Waals surface area contributed by atoms with Crippen molar-refractivity contribution in [1.29, 1.82) is 0 Å². The van der Waals surface area contributed by atoms with E-state index in [1.807, 2.05) is 19.9 Å².